The molecule has 3 aromatic rings. The highest BCUT2D eigenvalue weighted by molar-refractivity contribution is 6.02. The van der Waals surface area contributed by atoms with Crippen molar-refractivity contribution < 1.29 is 23.8 Å². The Balaban J connectivity index is 1.82. The number of esters is 1. The lowest BCUT2D eigenvalue weighted by atomic mass is 10.0. The summed E-state index contributed by atoms with van der Waals surface area (Å²) >= 11 is 0. The van der Waals surface area contributed by atoms with Gasteiger partial charge in [-0.25, -0.2) is 4.79 Å². The Bertz CT molecular complexity index is 1050. The van der Waals surface area contributed by atoms with E-state index >= 15 is 0 Å². The Hall–Kier alpha value is -3.28. The third-order valence-corrected chi connectivity index (χ3v) is 4.79. The maximum absolute atomic E-state index is 12.6. The van der Waals surface area contributed by atoms with Gasteiger partial charge < -0.3 is 19.2 Å². The smallest absolute Gasteiger partial charge is 0.355 e. The summed E-state index contributed by atoms with van der Waals surface area (Å²) < 4.78 is 16.0. The monoisotopic (exact) mass is 381 g/mol. The highest BCUT2D eigenvalue weighted by atomic mass is 16.5. The minimum atomic E-state index is -0.905. The van der Waals surface area contributed by atoms with Crippen LogP contribution < -0.4 is 9.47 Å². The van der Waals surface area contributed by atoms with Crippen molar-refractivity contribution in [3.8, 4) is 11.5 Å². The van der Waals surface area contributed by atoms with Crippen molar-refractivity contribution in [3.05, 3.63) is 58.8 Å². The van der Waals surface area contributed by atoms with Crippen molar-refractivity contribution in [2.24, 2.45) is 0 Å². The molecule has 0 aliphatic carbocycles. The number of aromatic amines is 1. The molecular formula is C22H23NO5. The Morgan fingerprint density at radius 1 is 0.964 bits per heavy atom. The molecule has 0 saturated carbocycles. The zero-order chi connectivity index (χ0) is 20.4. The molecule has 0 aliphatic heterocycles. The molecule has 146 valence electrons. The van der Waals surface area contributed by atoms with Crippen molar-refractivity contribution >= 4 is 22.7 Å². The van der Waals surface area contributed by atoms with E-state index in [0.29, 0.717) is 22.6 Å². The van der Waals surface area contributed by atoms with Gasteiger partial charge in [-0.1, -0.05) is 12.1 Å². The fourth-order valence-electron chi connectivity index (χ4n) is 2.98. The van der Waals surface area contributed by atoms with E-state index in [1.165, 1.54) is 7.11 Å². The molecule has 0 bridgehead atoms. The minimum absolute atomic E-state index is 0.237. The van der Waals surface area contributed by atoms with E-state index in [1.807, 2.05) is 26.0 Å². The van der Waals surface area contributed by atoms with Crippen LogP contribution in [0.4, 0.5) is 0 Å². The van der Waals surface area contributed by atoms with E-state index in [1.54, 1.807) is 38.3 Å². The van der Waals surface area contributed by atoms with Crippen molar-refractivity contribution in [1.82, 2.24) is 4.98 Å². The number of ether oxygens (including phenoxy) is 3. The van der Waals surface area contributed by atoms with Crippen LogP contribution in [0.3, 0.4) is 0 Å². The van der Waals surface area contributed by atoms with Crippen LogP contribution in [0.25, 0.3) is 10.9 Å². The van der Waals surface area contributed by atoms with Gasteiger partial charge in [-0.3, -0.25) is 4.79 Å². The number of hydrogen-bond donors (Lipinski definition) is 1. The summed E-state index contributed by atoms with van der Waals surface area (Å²) in [5.41, 5.74) is 3.53. The van der Waals surface area contributed by atoms with E-state index in [-0.39, 0.29) is 11.5 Å². The van der Waals surface area contributed by atoms with Gasteiger partial charge in [0.1, 0.15) is 17.2 Å². The number of benzene rings is 2. The second-order valence-corrected chi connectivity index (χ2v) is 6.69. The predicted molar refractivity (Wildman–Crippen MR) is 107 cm³/mol. The van der Waals surface area contributed by atoms with Gasteiger partial charge in [0.2, 0.25) is 5.78 Å². The SMILES string of the molecule is COc1cc(OC)c2[nH]c(C(=O)O[C@@H](C)C(=O)c3ccc(C)c(C)c3)cc2c1. The molecule has 1 heterocycles. The molecule has 1 atom stereocenters. The highest BCUT2D eigenvalue weighted by Gasteiger charge is 2.22. The second-order valence-electron chi connectivity index (χ2n) is 6.69. The standard InChI is InChI=1S/C22H23NO5/c1-12-6-7-15(8-13(12)2)21(24)14(3)28-22(25)18-10-16-9-17(26-4)11-19(27-5)20(16)23-18/h6-11,14,23H,1-5H3/t14-/m0/s1. The van der Waals surface area contributed by atoms with E-state index in [2.05, 4.69) is 4.98 Å². The first-order valence-corrected chi connectivity index (χ1v) is 8.91. The van der Waals surface area contributed by atoms with Crippen molar-refractivity contribution in [3.63, 3.8) is 0 Å². The van der Waals surface area contributed by atoms with Crippen LogP contribution in [-0.4, -0.2) is 37.1 Å². The van der Waals surface area contributed by atoms with E-state index in [9.17, 15) is 9.59 Å². The molecule has 1 aromatic heterocycles. The van der Waals surface area contributed by atoms with Gasteiger partial charge in [0, 0.05) is 17.0 Å². The van der Waals surface area contributed by atoms with Gasteiger partial charge in [-0.2, -0.15) is 0 Å². The van der Waals surface area contributed by atoms with Crippen LogP contribution in [-0.2, 0) is 4.74 Å². The summed E-state index contributed by atoms with van der Waals surface area (Å²) in [6, 6.07) is 10.6. The first-order valence-electron chi connectivity index (χ1n) is 8.91. The van der Waals surface area contributed by atoms with Crippen LogP contribution >= 0.6 is 0 Å². The zero-order valence-electron chi connectivity index (χ0n) is 16.6. The lowest BCUT2D eigenvalue weighted by Gasteiger charge is -2.12. The van der Waals surface area contributed by atoms with Gasteiger partial charge in [0.05, 0.1) is 19.7 Å². The molecule has 28 heavy (non-hydrogen) atoms. The highest BCUT2D eigenvalue weighted by Crippen LogP contribution is 2.31. The Labute approximate surface area is 163 Å². The largest absolute Gasteiger partial charge is 0.497 e. The van der Waals surface area contributed by atoms with Crippen molar-refractivity contribution in [1.29, 1.82) is 0 Å². The third-order valence-electron chi connectivity index (χ3n) is 4.79. The number of nitrogens with one attached hydrogen (secondary N) is 1. The van der Waals surface area contributed by atoms with Crippen molar-refractivity contribution in [2.75, 3.05) is 14.2 Å². The quantitative estimate of drug-likeness (QED) is 0.511. The number of fused-ring (bicyclic) bond motifs is 1. The van der Waals surface area contributed by atoms with E-state index < -0.39 is 12.1 Å². The third kappa shape index (κ3) is 3.71. The molecule has 0 fully saturated rings. The summed E-state index contributed by atoms with van der Waals surface area (Å²) in [5, 5.41) is 0.747. The topological polar surface area (TPSA) is 77.6 Å². The molecule has 0 unspecified atom stereocenters. The molecule has 6 nitrogen and oxygen atoms in total. The van der Waals surface area contributed by atoms with E-state index in [0.717, 1.165) is 16.5 Å². The minimum Gasteiger partial charge on any atom is -0.497 e. The van der Waals surface area contributed by atoms with Gasteiger partial charge in [-0.05, 0) is 50.1 Å². The molecule has 1 N–H and O–H groups in total. The Kier molecular flexibility index (Phi) is 5.40. The van der Waals surface area contributed by atoms with Gasteiger partial charge in [0.25, 0.3) is 0 Å². The van der Waals surface area contributed by atoms with Gasteiger partial charge in [-0.15, -0.1) is 0 Å². The second kappa shape index (κ2) is 7.76. The molecule has 6 heteroatoms. The zero-order valence-corrected chi connectivity index (χ0v) is 16.6. The van der Waals surface area contributed by atoms with Gasteiger partial charge in [0.15, 0.2) is 6.10 Å². The van der Waals surface area contributed by atoms with Gasteiger partial charge >= 0.3 is 5.97 Å². The number of methoxy groups -OCH3 is 2. The van der Waals surface area contributed by atoms with Crippen LogP contribution in [0.2, 0.25) is 0 Å². The number of Topliss-reactive ketones (excluding diaryl/α,β-unsaturated/α-hetero) is 1. The summed E-state index contributed by atoms with van der Waals surface area (Å²) in [4.78, 5) is 28.2. The fourth-order valence-corrected chi connectivity index (χ4v) is 2.98. The number of H-pyrrole nitrogens is 1. The van der Waals surface area contributed by atoms with Crippen LogP contribution in [0.5, 0.6) is 11.5 Å². The number of aryl methyl sites for hydroxylation is 2. The summed E-state index contributed by atoms with van der Waals surface area (Å²) in [6.07, 6.45) is -0.905. The fraction of sp³-hybridized carbons (Fsp3) is 0.273. The first kappa shape index (κ1) is 19.5. The number of rotatable bonds is 6. The lowest BCUT2D eigenvalue weighted by molar-refractivity contribution is 0.0314. The molecule has 0 spiro atoms. The van der Waals surface area contributed by atoms with Crippen LogP contribution in [0, 0.1) is 13.8 Å². The normalized spacial score (nSPS) is 11.9. The molecule has 0 saturated heterocycles. The Morgan fingerprint density at radius 3 is 2.36 bits per heavy atom. The number of hydrogen-bond acceptors (Lipinski definition) is 5. The molecule has 2 aromatic carbocycles. The number of carbonyl (C=O) groups is 2. The number of ketones is 1. The van der Waals surface area contributed by atoms with Crippen LogP contribution in [0.1, 0.15) is 38.9 Å². The summed E-state index contributed by atoms with van der Waals surface area (Å²) in [6.45, 7) is 5.49. The van der Waals surface area contributed by atoms with E-state index in [4.69, 9.17) is 14.2 Å². The predicted octanol–water partition coefficient (Wildman–Crippen LogP) is 4.23. The van der Waals surface area contributed by atoms with Crippen LogP contribution in [0.15, 0.2) is 36.4 Å². The average molecular weight is 381 g/mol. The summed E-state index contributed by atoms with van der Waals surface area (Å²) in [5.74, 6) is 0.308. The summed E-state index contributed by atoms with van der Waals surface area (Å²) in [7, 11) is 3.10. The lowest BCUT2D eigenvalue weighted by Crippen LogP contribution is -2.24. The molecule has 0 aliphatic rings. The maximum Gasteiger partial charge on any atom is 0.355 e. The average Bonchev–Trinajstić information content (AvgIpc) is 3.12. The number of aromatic nitrogens is 1. The first-order chi connectivity index (χ1) is 13.3. The molecular weight excluding hydrogens is 358 g/mol. The molecule has 3 rings (SSSR count). The molecule has 0 radical (unpaired) electrons. The Morgan fingerprint density at radius 2 is 1.71 bits per heavy atom. The maximum atomic E-state index is 12.6. The van der Waals surface area contributed by atoms with Crippen molar-refractivity contribution in [2.45, 2.75) is 26.9 Å². The molecule has 0 amide bonds. The number of carbonyl (C=O) groups excluding carboxylic acids is 2.